The molecular weight excluding hydrogens is 310 g/mol. The van der Waals surface area contributed by atoms with Crippen LogP contribution in [-0.2, 0) is 11.3 Å². The van der Waals surface area contributed by atoms with Crippen LogP contribution in [0.4, 0.5) is 0 Å². The van der Waals surface area contributed by atoms with Crippen LogP contribution in [0.1, 0.15) is 5.76 Å². The number of amides is 1. The predicted octanol–water partition coefficient (Wildman–Crippen LogP) is 3.24. The number of carbonyl (C=O) groups is 1. The van der Waals surface area contributed by atoms with Crippen LogP contribution in [0.2, 0.25) is 0 Å². The maximum absolute atomic E-state index is 11.9. The van der Waals surface area contributed by atoms with Crippen molar-refractivity contribution in [2.24, 2.45) is 0 Å². The number of rotatable bonds is 7. The molecule has 0 atom stereocenters. The van der Waals surface area contributed by atoms with Crippen molar-refractivity contribution >= 4 is 5.91 Å². The van der Waals surface area contributed by atoms with Gasteiger partial charge in [0.05, 0.1) is 19.9 Å². The Labute approximate surface area is 139 Å². The van der Waals surface area contributed by atoms with E-state index >= 15 is 0 Å². The van der Waals surface area contributed by atoms with Crippen LogP contribution in [0, 0.1) is 0 Å². The van der Waals surface area contributed by atoms with E-state index in [1.54, 1.807) is 43.7 Å². The smallest absolute Gasteiger partial charge is 0.258 e. The van der Waals surface area contributed by atoms with Gasteiger partial charge in [-0.2, -0.15) is 0 Å². The van der Waals surface area contributed by atoms with Crippen LogP contribution in [0.3, 0.4) is 0 Å². The molecule has 0 saturated heterocycles. The van der Waals surface area contributed by atoms with E-state index in [4.69, 9.17) is 18.3 Å². The molecule has 1 N–H and O–H groups in total. The number of carbonyl (C=O) groups excluding carboxylic acids is 1. The first-order chi connectivity index (χ1) is 11.8. The summed E-state index contributed by atoms with van der Waals surface area (Å²) in [6.45, 7) is 0.168. The quantitative estimate of drug-likeness (QED) is 0.721. The van der Waals surface area contributed by atoms with Crippen LogP contribution >= 0.6 is 0 Å². The molecule has 0 aliphatic carbocycles. The topological polar surface area (TPSA) is 73.8 Å². The summed E-state index contributed by atoms with van der Waals surface area (Å²) in [7, 11) is 1.55. The van der Waals surface area contributed by atoms with Crippen molar-refractivity contribution in [3.8, 4) is 23.0 Å². The maximum Gasteiger partial charge on any atom is 0.258 e. The Bertz CT molecular complexity index is 791. The number of furan rings is 2. The zero-order valence-corrected chi connectivity index (χ0v) is 13.2. The molecule has 0 aliphatic rings. The molecule has 3 rings (SSSR count). The van der Waals surface area contributed by atoms with Crippen LogP contribution < -0.4 is 14.8 Å². The molecule has 24 heavy (non-hydrogen) atoms. The Morgan fingerprint density at radius 3 is 2.62 bits per heavy atom. The average molecular weight is 327 g/mol. The Morgan fingerprint density at radius 1 is 1.04 bits per heavy atom. The zero-order valence-electron chi connectivity index (χ0n) is 13.2. The number of ether oxygens (including phenoxy) is 2. The van der Waals surface area contributed by atoms with E-state index in [0.29, 0.717) is 28.8 Å². The molecule has 124 valence electrons. The van der Waals surface area contributed by atoms with E-state index in [1.165, 1.54) is 0 Å². The third kappa shape index (κ3) is 3.78. The molecule has 0 unspecified atom stereocenters. The lowest BCUT2D eigenvalue weighted by Crippen LogP contribution is -2.28. The van der Waals surface area contributed by atoms with Crippen molar-refractivity contribution in [1.29, 1.82) is 0 Å². The number of methoxy groups -OCH3 is 1. The highest BCUT2D eigenvalue weighted by molar-refractivity contribution is 5.77. The van der Waals surface area contributed by atoms with Gasteiger partial charge in [-0.3, -0.25) is 4.79 Å². The first-order valence-electron chi connectivity index (χ1n) is 7.41. The van der Waals surface area contributed by atoms with Gasteiger partial charge in [0.2, 0.25) is 0 Å². The van der Waals surface area contributed by atoms with Crippen LogP contribution in [0.5, 0.6) is 11.5 Å². The summed E-state index contributed by atoms with van der Waals surface area (Å²) in [5.74, 6) is 2.75. The van der Waals surface area contributed by atoms with Gasteiger partial charge >= 0.3 is 0 Å². The zero-order chi connectivity index (χ0) is 16.8. The number of benzene rings is 1. The van der Waals surface area contributed by atoms with Gasteiger partial charge in [-0.1, -0.05) is 12.1 Å². The fraction of sp³-hybridized carbons (Fsp3) is 0.167. The van der Waals surface area contributed by atoms with Crippen LogP contribution in [-0.4, -0.2) is 19.6 Å². The molecule has 2 aromatic heterocycles. The Hall–Kier alpha value is -3.15. The molecule has 0 bridgehead atoms. The second kappa shape index (κ2) is 7.41. The summed E-state index contributed by atoms with van der Waals surface area (Å²) in [5.41, 5.74) is 0. The second-order valence-corrected chi connectivity index (χ2v) is 4.96. The minimum absolute atomic E-state index is 0.105. The SMILES string of the molecule is COc1ccccc1OCC(=O)NCc1ccc(-c2ccco2)o1. The van der Waals surface area contributed by atoms with Crippen molar-refractivity contribution in [3.05, 3.63) is 60.6 Å². The van der Waals surface area contributed by atoms with Gasteiger partial charge in [-0.05, 0) is 36.4 Å². The number of nitrogens with one attached hydrogen (secondary N) is 1. The Morgan fingerprint density at radius 2 is 1.88 bits per heavy atom. The molecule has 1 amide bonds. The molecule has 1 aromatic carbocycles. The predicted molar refractivity (Wildman–Crippen MR) is 86.7 cm³/mol. The van der Waals surface area contributed by atoms with Crippen LogP contribution in [0.25, 0.3) is 11.5 Å². The summed E-state index contributed by atoms with van der Waals surface area (Å²) in [6.07, 6.45) is 1.58. The molecule has 3 aromatic rings. The van der Waals surface area contributed by atoms with Crippen LogP contribution in [0.15, 0.2) is 63.6 Å². The minimum atomic E-state index is -0.253. The Kier molecular flexibility index (Phi) is 4.86. The fourth-order valence-corrected chi connectivity index (χ4v) is 2.14. The van der Waals surface area contributed by atoms with Gasteiger partial charge in [-0.15, -0.1) is 0 Å². The molecule has 0 fully saturated rings. The maximum atomic E-state index is 11.9. The lowest BCUT2D eigenvalue weighted by Gasteiger charge is -2.10. The normalized spacial score (nSPS) is 10.4. The summed E-state index contributed by atoms with van der Waals surface area (Å²) >= 11 is 0. The highest BCUT2D eigenvalue weighted by Crippen LogP contribution is 2.25. The summed E-state index contributed by atoms with van der Waals surface area (Å²) in [5, 5.41) is 2.74. The monoisotopic (exact) mass is 327 g/mol. The summed E-state index contributed by atoms with van der Waals surface area (Å²) in [4.78, 5) is 11.9. The lowest BCUT2D eigenvalue weighted by molar-refractivity contribution is -0.123. The van der Waals surface area contributed by atoms with Gasteiger partial charge in [0.15, 0.2) is 29.6 Å². The van der Waals surface area contributed by atoms with E-state index in [2.05, 4.69) is 5.32 Å². The first-order valence-corrected chi connectivity index (χ1v) is 7.41. The lowest BCUT2D eigenvalue weighted by atomic mass is 10.3. The summed E-state index contributed by atoms with van der Waals surface area (Å²) < 4.78 is 21.5. The second-order valence-electron chi connectivity index (χ2n) is 4.96. The molecule has 0 spiro atoms. The largest absolute Gasteiger partial charge is 0.493 e. The van der Waals surface area contributed by atoms with Gasteiger partial charge in [0.1, 0.15) is 5.76 Å². The molecular formula is C18H17NO5. The van der Waals surface area contributed by atoms with Gasteiger partial charge in [0.25, 0.3) is 5.91 Å². The van der Waals surface area contributed by atoms with E-state index in [0.717, 1.165) is 0 Å². The average Bonchev–Trinajstić information content (AvgIpc) is 3.29. The van der Waals surface area contributed by atoms with E-state index in [-0.39, 0.29) is 19.1 Å². The van der Waals surface area contributed by atoms with E-state index in [1.807, 2.05) is 18.2 Å². The molecule has 6 nitrogen and oxygen atoms in total. The van der Waals surface area contributed by atoms with E-state index in [9.17, 15) is 4.79 Å². The Balaban J connectivity index is 1.49. The molecule has 2 heterocycles. The highest BCUT2D eigenvalue weighted by atomic mass is 16.5. The molecule has 0 radical (unpaired) electrons. The standard InChI is InChI=1S/C18H17NO5/c1-21-14-5-2-3-6-15(14)23-12-18(20)19-11-13-8-9-17(24-13)16-7-4-10-22-16/h2-10H,11-12H2,1H3,(H,19,20). The van der Waals surface area contributed by atoms with Crippen molar-refractivity contribution < 1.29 is 23.1 Å². The molecule has 0 saturated carbocycles. The third-order valence-electron chi connectivity index (χ3n) is 3.31. The number of hydrogen-bond donors (Lipinski definition) is 1. The molecule has 6 heteroatoms. The molecule has 0 aliphatic heterocycles. The van der Waals surface area contributed by atoms with Crippen molar-refractivity contribution in [2.75, 3.05) is 13.7 Å². The minimum Gasteiger partial charge on any atom is -0.493 e. The van der Waals surface area contributed by atoms with Gasteiger partial charge in [-0.25, -0.2) is 0 Å². The van der Waals surface area contributed by atoms with Crippen molar-refractivity contribution in [3.63, 3.8) is 0 Å². The van der Waals surface area contributed by atoms with Crippen molar-refractivity contribution in [2.45, 2.75) is 6.54 Å². The number of para-hydroxylation sites is 2. The van der Waals surface area contributed by atoms with Gasteiger partial charge < -0.3 is 23.6 Å². The van der Waals surface area contributed by atoms with Gasteiger partial charge in [0, 0.05) is 0 Å². The van der Waals surface area contributed by atoms with E-state index < -0.39 is 0 Å². The van der Waals surface area contributed by atoms with Crippen molar-refractivity contribution in [1.82, 2.24) is 5.32 Å². The highest BCUT2D eigenvalue weighted by Gasteiger charge is 2.10. The fourth-order valence-electron chi connectivity index (χ4n) is 2.14. The first kappa shape index (κ1) is 15.7. The third-order valence-corrected chi connectivity index (χ3v) is 3.31. The summed E-state index contributed by atoms with van der Waals surface area (Å²) in [6, 6.07) is 14.3. The number of hydrogen-bond acceptors (Lipinski definition) is 5.